The SMILES string of the molecule is CN(c1nc(CN(Cc2ccc(C(=O)NC3CC3)cc2)C2CC2)cs1)C1CC1. The minimum Gasteiger partial charge on any atom is -0.349 e. The largest absolute Gasteiger partial charge is 0.349 e. The van der Waals surface area contributed by atoms with Crippen LogP contribution in [-0.4, -0.2) is 41.0 Å². The molecule has 2 aromatic rings. The van der Waals surface area contributed by atoms with Crippen LogP contribution in [0.25, 0.3) is 0 Å². The van der Waals surface area contributed by atoms with Crippen molar-refractivity contribution in [2.24, 2.45) is 0 Å². The van der Waals surface area contributed by atoms with Crippen LogP contribution in [0.5, 0.6) is 0 Å². The highest BCUT2D eigenvalue weighted by molar-refractivity contribution is 7.13. The zero-order valence-electron chi connectivity index (χ0n) is 16.4. The summed E-state index contributed by atoms with van der Waals surface area (Å²) in [6.07, 6.45) is 7.40. The van der Waals surface area contributed by atoms with Gasteiger partial charge in [0, 0.05) is 49.2 Å². The fraction of sp³-hybridized carbons (Fsp3) is 0.545. The molecule has 0 saturated heterocycles. The second-order valence-electron chi connectivity index (χ2n) is 8.54. The van der Waals surface area contributed by atoms with Crippen molar-refractivity contribution in [1.29, 1.82) is 0 Å². The van der Waals surface area contributed by atoms with E-state index in [1.54, 1.807) is 11.3 Å². The Balaban J connectivity index is 1.21. The lowest BCUT2D eigenvalue weighted by Crippen LogP contribution is -2.26. The van der Waals surface area contributed by atoms with Gasteiger partial charge in [-0.25, -0.2) is 4.98 Å². The normalized spacial score (nSPS) is 19.1. The van der Waals surface area contributed by atoms with Crippen molar-refractivity contribution in [3.8, 4) is 0 Å². The van der Waals surface area contributed by atoms with E-state index in [2.05, 4.69) is 39.7 Å². The molecule has 0 atom stereocenters. The molecule has 0 aliphatic heterocycles. The molecule has 0 spiro atoms. The maximum absolute atomic E-state index is 12.2. The van der Waals surface area contributed by atoms with Crippen LogP contribution in [0.2, 0.25) is 0 Å². The Morgan fingerprint density at radius 3 is 2.43 bits per heavy atom. The number of hydrogen-bond donors (Lipinski definition) is 1. The van der Waals surface area contributed by atoms with Gasteiger partial charge in [-0.2, -0.15) is 0 Å². The number of hydrogen-bond acceptors (Lipinski definition) is 5. The fourth-order valence-electron chi connectivity index (χ4n) is 3.60. The number of thiazole rings is 1. The quantitative estimate of drug-likeness (QED) is 0.700. The molecule has 3 fully saturated rings. The number of aromatic nitrogens is 1. The van der Waals surface area contributed by atoms with E-state index in [1.165, 1.54) is 36.9 Å². The highest BCUT2D eigenvalue weighted by Crippen LogP contribution is 2.34. The minimum atomic E-state index is 0.0582. The maximum Gasteiger partial charge on any atom is 0.251 e. The Labute approximate surface area is 170 Å². The summed E-state index contributed by atoms with van der Waals surface area (Å²) >= 11 is 1.77. The summed E-state index contributed by atoms with van der Waals surface area (Å²) < 4.78 is 0. The molecule has 6 heteroatoms. The van der Waals surface area contributed by atoms with Crippen molar-refractivity contribution >= 4 is 22.4 Å². The van der Waals surface area contributed by atoms with E-state index in [4.69, 9.17) is 4.98 Å². The van der Waals surface area contributed by atoms with Gasteiger partial charge in [0.05, 0.1) is 5.69 Å². The Morgan fingerprint density at radius 1 is 1.07 bits per heavy atom. The van der Waals surface area contributed by atoms with E-state index >= 15 is 0 Å². The molecule has 0 unspecified atom stereocenters. The van der Waals surface area contributed by atoms with Crippen molar-refractivity contribution in [2.45, 2.75) is 69.7 Å². The molecule has 3 aliphatic rings. The van der Waals surface area contributed by atoms with Crippen LogP contribution in [-0.2, 0) is 13.1 Å². The summed E-state index contributed by atoms with van der Waals surface area (Å²) in [6.45, 7) is 1.82. The number of carbonyl (C=O) groups excluding carboxylic acids is 1. The van der Waals surface area contributed by atoms with E-state index in [-0.39, 0.29) is 5.91 Å². The van der Waals surface area contributed by atoms with Crippen LogP contribution < -0.4 is 10.2 Å². The predicted octanol–water partition coefficient (Wildman–Crippen LogP) is 3.80. The van der Waals surface area contributed by atoms with Gasteiger partial charge < -0.3 is 10.2 Å². The van der Waals surface area contributed by atoms with Gasteiger partial charge in [0.2, 0.25) is 0 Å². The molecule has 1 aromatic heterocycles. The first-order chi connectivity index (χ1) is 13.7. The Bertz CT molecular complexity index is 836. The third kappa shape index (κ3) is 4.39. The van der Waals surface area contributed by atoms with Gasteiger partial charge in [-0.1, -0.05) is 12.1 Å². The molecule has 1 N–H and O–H groups in total. The fourth-order valence-corrected chi connectivity index (χ4v) is 4.46. The van der Waals surface area contributed by atoms with Crippen molar-refractivity contribution in [3.63, 3.8) is 0 Å². The van der Waals surface area contributed by atoms with E-state index in [9.17, 15) is 4.79 Å². The van der Waals surface area contributed by atoms with Crippen molar-refractivity contribution in [2.75, 3.05) is 11.9 Å². The highest BCUT2D eigenvalue weighted by atomic mass is 32.1. The summed E-state index contributed by atoms with van der Waals surface area (Å²) in [6, 6.07) is 9.90. The zero-order valence-corrected chi connectivity index (χ0v) is 17.3. The number of amides is 1. The monoisotopic (exact) mass is 396 g/mol. The number of carbonyl (C=O) groups is 1. The molecule has 3 saturated carbocycles. The molecular formula is C22H28N4OS. The van der Waals surface area contributed by atoms with Gasteiger partial charge in [0.1, 0.15) is 0 Å². The van der Waals surface area contributed by atoms with E-state index < -0.39 is 0 Å². The van der Waals surface area contributed by atoms with Gasteiger partial charge >= 0.3 is 0 Å². The van der Waals surface area contributed by atoms with Crippen LogP contribution in [0.4, 0.5) is 5.13 Å². The lowest BCUT2D eigenvalue weighted by molar-refractivity contribution is 0.0951. The minimum absolute atomic E-state index is 0.0582. The Kier molecular flexibility index (Phi) is 4.85. The van der Waals surface area contributed by atoms with Gasteiger partial charge in [-0.15, -0.1) is 11.3 Å². The highest BCUT2D eigenvalue weighted by Gasteiger charge is 2.31. The molecule has 0 bridgehead atoms. The molecule has 1 aromatic carbocycles. The standard InChI is InChI=1S/C22H28N4OS/c1-25(19-8-9-19)22-24-18(14-28-22)13-26(20-10-11-20)12-15-2-4-16(5-3-15)21(27)23-17-6-7-17/h2-5,14,17,19-20H,6-13H2,1H3,(H,23,27). The lowest BCUT2D eigenvalue weighted by atomic mass is 10.1. The van der Waals surface area contributed by atoms with Gasteiger partial charge in [-0.3, -0.25) is 9.69 Å². The first-order valence-corrected chi connectivity index (χ1v) is 11.3. The first-order valence-electron chi connectivity index (χ1n) is 10.5. The summed E-state index contributed by atoms with van der Waals surface area (Å²) in [5.41, 5.74) is 3.21. The van der Waals surface area contributed by atoms with Crippen LogP contribution in [0.3, 0.4) is 0 Å². The molecule has 0 radical (unpaired) electrons. The number of rotatable bonds is 9. The summed E-state index contributed by atoms with van der Waals surface area (Å²) in [5.74, 6) is 0.0582. The Morgan fingerprint density at radius 2 is 1.79 bits per heavy atom. The predicted molar refractivity (Wildman–Crippen MR) is 113 cm³/mol. The zero-order chi connectivity index (χ0) is 19.1. The van der Waals surface area contributed by atoms with Gasteiger partial charge in [-0.05, 0) is 56.2 Å². The topological polar surface area (TPSA) is 48.5 Å². The molecule has 28 heavy (non-hydrogen) atoms. The van der Waals surface area contributed by atoms with Crippen LogP contribution >= 0.6 is 11.3 Å². The average Bonchev–Trinajstić information content (AvgIpc) is 3.55. The Hall–Kier alpha value is -1.92. The van der Waals surface area contributed by atoms with E-state index in [1.807, 2.05) is 12.1 Å². The molecule has 5 nitrogen and oxygen atoms in total. The number of anilines is 1. The third-order valence-electron chi connectivity index (χ3n) is 5.88. The van der Waals surface area contributed by atoms with Crippen molar-refractivity contribution in [1.82, 2.24) is 15.2 Å². The lowest BCUT2D eigenvalue weighted by Gasteiger charge is -2.21. The van der Waals surface area contributed by atoms with Crippen LogP contribution in [0.15, 0.2) is 29.6 Å². The van der Waals surface area contributed by atoms with E-state index in [0.717, 1.165) is 36.6 Å². The average molecular weight is 397 g/mol. The number of benzene rings is 1. The first kappa shape index (κ1) is 18.1. The summed E-state index contributed by atoms with van der Waals surface area (Å²) in [4.78, 5) is 21.9. The van der Waals surface area contributed by atoms with Crippen molar-refractivity contribution in [3.05, 3.63) is 46.5 Å². The van der Waals surface area contributed by atoms with Gasteiger partial charge in [0.15, 0.2) is 5.13 Å². The molecular weight excluding hydrogens is 368 g/mol. The van der Waals surface area contributed by atoms with Crippen LogP contribution in [0.1, 0.15) is 60.1 Å². The third-order valence-corrected chi connectivity index (χ3v) is 6.86. The van der Waals surface area contributed by atoms with E-state index in [0.29, 0.717) is 18.1 Å². The van der Waals surface area contributed by atoms with Crippen LogP contribution in [0, 0.1) is 0 Å². The molecule has 1 amide bonds. The molecule has 5 rings (SSSR count). The van der Waals surface area contributed by atoms with Crippen molar-refractivity contribution < 1.29 is 4.79 Å². The summed E-state index contributed by atoms with van der Waals surface area (Å²) in [7, 11) is 2.17. The van der Waals surface area contributed by atoms with Gasteiger partial charge in [0.25, 0.3) is 5.91 Å². The second-order valence-corrected chi connectivity index (χ2v) is 9.38. The second kappa shape index (κ2) is 7.48. The number of nitrogens with one attached hydrogen (secondary N) is 1. The summed E-state index contributed by atoms with van der Waals surface area (Å²) in [5, 5.41) is 6.42. The smallest absolute Gasteiger partial charge is 0.251 e. The molecule has 1 heterocycles. The molecule has 3 aliphatic carbocycles. The number of nitrogens with zero attached hydrogens (tertiary/aromatic N) is 3. The molecule has 148 valence electrons. The maximum atomic E-state index is 12.2.